The number of hydrogen-bond donors (Lipinski definition) is 2. The van der Waals surface area contributed by atoms with Crippen LogP contribution in [0.25, 0.3) is 0 Å². The van der Waals surface area contributed by atoms with Crippen molar-refractivity contribution in [3.05, 3.63) is 29.2 Å². The second-order valence-corrected chi connectivity index (χ2v) is 5.82. The van der Waals surface area contributed by atoms with Crippen molar-refractivity contribution in [3.63, 3.8) is 0 Å². The first-order valence-corrected chi connectivity index (χ1v) is 6.89. The average Bonchev–Trinajstić information content (AvgIpc) is 3.03. The SMILES string of the molecule is NC(=O)c1ccsc1NC(=O)C1CC2C=CC1C2. The molecule has 2 aliphatic carbocycles. The molecule has 2 amide bonds. The monoisotopic (exact) mass is 262 g/mol. The van der Waals surface area contributed by atoms with Crippen LogP contribution in [-0.4, -0.2) is 11.8 Å². The van der Waals surface area contributed by atoms with Gasteiger partial charge in [-0.15, -0.1) is 11.3 Å². The van der Waals surface area contributed by atoms with Gasteiger partial charge in [0.2, 0.25) is 5.91 Å². The highest BCUT2D eigenvalue weighted by Crippen LogP contribution is 2.44. The van der Waals surface area contributed by atoms with E-state index >= 15 is 0 Å². The molecule has 0 saturated heterocycles. The minimum absolute atomic E-state index is 0.0109. The molecule has 2 bridgehead atoms. The van der Waals surface area contributed by atoms with E-state index in [2.05, 4.69) is 17.5 Å². The van der Waals surface area contributed by atoms with Gasteiger partial charge in [0, 0.05) is 5.92 Å². The quantitative estimate of drug-likeness (QED) is 0.818. The number of anilines is 1. The molecule has 1 aromatic rings. The lowest BCUT2D eigenvalue weighted by Crippen LogP contribution is -2.26. The number of amides is 2. The fraction of sp³-hybridized carbons (Fsp3) is 0.385. The fourth-order valence-corrected chi connectivity index (χ4v) is 3.68. The predicted octanol–water partition coefficient (Wildman–Crippen LogP) is 2.00. The number of allylic oxidation sites excluding steroid dienone is 2. The van der Waals surface area contributed by atoms with Gasteiger partial charge >= 0.3 is 0 Å². The van der Waals surface area contributed by atoms with Gasteiger partial charge in [0.15, 0.2) is 0 Å². The zero-order valence-electron chi connectivity index (χ0n) is 9.76. The average molecular weight is 262 g/mol. The van der Waals surface area contributed by atoms with E-state index in [9.17, 15) is 9.59 Å². The van der Waals surface area contributed by atoms with E-state index in [1.165, 1.54) is 11.3 Å². The maximum atomic E-state index is 12.2. The van der Waals surface area contributed by atoms with Gasteiger partial charge in [-0.1, -0.05) is 12.2 Å². The summed E-state index contributed by atoms with van der Waals surface area (Å²) in [6.07, 6.45) is 6.35. The highest BCUT2D eigenvalue weighted by molar-refractivity contribution is 7.14. The largest absolute Gasteiger partial charge is 0.366 e. The highest BCUT2D eigenvalue weighted by Gasteiger charge is 2.40. The molecular weight excluding hydrogens is 248 g/mol. The van der Waals surface area contributed by atoms with E-state index < -0.39 is 5.91 Å². The molecule has 0 aromatic carbocycles. The topological polar surface area (TPSA) is 72.2 Å². The van der Waals surface area contributed by atoms with Gasteiger partial charge < -0.3 is 11.1 Å². The number of thiophene rings is 1. The molecule has 0 spiro atoms. The van der Waals surface area contributed by atoms with Gasteiger partial charge in [0.05, 0.1) is 5.56 Å². The minimum Gasteiger partial charge on any atom is -0.366 e. The summed E-state index contributed by atoms with van der Waals surface area (Å²) in [5.74, 6) is 0.482. The molecule has 3 rings (SSSR count). The minimum atomic E-state index is -0.501. The van der Waals surface area contributed by atoms with Crippen LogP contribution in [0.2, 0.25) is 0 Å². The lowest BCUT2D eigenvalue weighted by molar-refractivity contribution is -0.120. The highest BCUT2D eigenvalue weighted by atomic mass is 32.1. The summed E-state index contributed by atoms with van der Waals surface area (Å²) in [5.41, 5.74) is 5.65. The van der Waals surface area contributed by atoms with E-state index in [0.29, 0.717) is 22.4 Å². The van der Waals surface area contributed by atoms with Crippen LogP contribution in [0.4, 0.5) is 5.00 Å². The Bertz CT molecular complexity index is 535. The molecule has 1 fully saturated rings. The molecule has 1 saturated carbocycles. The van der Waals surface area contributed by atoms with Gasteiger partial charge in [0.25, 0.3) is 5.91 Å². The Labute approximate surface area is 109 Å². The van der Waals surface area contributed by atoms with Crippen molar-refractivity contribution in [1.82, 2.24) is 0 Å². The van der Waals surface area contributed by atoms with Gasteiger partial charge in [-0.3, -0.25) is 9.59 Å². The van der Waals surface area contributed by atoms with Crippen LogP contribution in [-0.2, 0) is 4.79 Å². The van der Waals surface area contributed by atoms with E-state index in [1.807, 2.05) is 0 Å². The van der Waals surface area contributed by atoms with Crippen molar-refractivity contribution in [1.29, 1.82) is 0 Å². The van der Waals surface area contributed by atoms with Crippen molar-refractivity contribution in [2.75, 3.05) is 5.32 Å². The van der Waals surface area contributed by atoms with Gasteiger partial charge in [-0.05, 0) is 36.1 Å². The first-order valence-electron chi connectivity index (χ1n) is 6.01. The van der Waals surface area contributed by atoms with Crippen LogP contribution in [0.15, 0.2) is 23.6 Å². The zero-order valence-corrected chi connectivity index (χ0v) is 10.6. The Balaban J connectivity index is 1.73. The number of primary amides is 1. The Morgan fingerprint density at radius 3 is 2.78 bits per heavy atom. The third-order valence-electron chi connectivity index (χ3n) is 3.78. The molecule has 3 unspecified atom stereocenters. The number of rotatable bonds is 3. The van der Waals surface area contributed by atoms with Crippen molar-refractivity contribution >= 4 is 28.2 Å². The normalized spacial score (nSPS) is 28.6. The third kappa shape index (κ3) is 1.84. The smallest absolute Gasteiger partial charge is 0.251 e. The number of hydrogen-bond acceptors (Lipinski definition) is 3. The number of carbonyl (C=O) groups excluding carboxylic acids is 2. The third-order valence-corrected chi connectivity index (χ3v) is 4.61. The van der Waals surface area contributed by atoms with Crippen LogP contribution in [0.3, 0.4) is 0 Å². The molecule has 5 heteroatoms. The first-order chi connectivity index (χ1) is 8.65. The Morgan fingerprint density at radius 2 is 2.17 bits per heavy atom. The lowest BCUT2D eigenvalue weighted by atomic mass is 9.93. The van der Waals surface area contributed by atoms with Crippen molar-refractivity contribution in [2.24, 2.45) is 23.5 Å². The summed E-state index contributed by atoms with van der Waals surface area (Å²) in [5, 5.41) is 5.17. The van der Waals surface area contributed by atoms with Crippen LogP contribution >= 0.6 is 11.3 Å². The van der Waals surface area contributed by atoms with Crippen molar-refractivity contribution < 1.29 is 9.59 Å². The molecule has 3 N–H and O–H groups in total. The summed E-state index contributed by atoms with van der Waals surface area (Å²) < 4.78 is 0. The molecule has 1 heterocycles. The number of fused-ring (bicyclic) bond motifs is 2. The van der Waals surface area contributed by atoms with E-state index in [-0.39, 0.29) is 11.8 Å². The number of carbonyl (C=O) groups is 2. The second-order valence-electron chi connectivity index (χ2n) is 4.90. The molecule has 1 aromatic heterocycles. The van der Waals surface area contributed by atoms with Crippen LogP contribution in [0, 0.1) is 17.8 Å². The molecule has 94 valence electrons. The Hall–Kier alpha value is -1.62. The molecule has 2 aliphatic rings. The standard InChI is InChI=1S/C13H14N2O2S/c14-11(16)9-3-4-18-13(9)15-12(17)10-6-7-1-2-8(10)5-7/h1-4,7-8,10H,5-6H2,(H2,14,16)(H,15,17). The van der Waals surface area contributed by atoms with Gasteiger partial charge in [0.1, 0.15) is 5.00 Å². The van der Waals surface area contributed by atoms with Gasteiger partial charge in [-0.2, -0.15) is 0 Å². The van der Waals surface area contributed by atoms with E-state index in [1.54, 1.807) is 11.4 Å². The van der Waals surface area contributed by atoms with Crippen molar-refractivity contribution in [2.45, 2.75) is 12.8 Å². The lowest BCUT2D eigenvalue weighted by Gasteiger charge is -2.17. The fourth-order valence-electron chi connectivity index (χ4n) is 2.89. The maximum absolute atomic E-state index is 12.2. The molecule has 4 nitrogen and oxygen atoms in total. The summed E-state index contributed by atoms with van der Waals surface area (Å²) >= 11 is 1.33. The summed E-state index contributed by atoms with van der Waals surface area (Å²) in [6.45, 7) is 0. The summed E-state index contributed by atoms with van der Waals surface area (Å²) in [7, 11) is 0. The summed E-state index contributed by atoms with van der Waals surface area (Å²) in [6, 6.07) is 1.64. The molecule has 0 radical (unpaired) electrons. The second kappa shape index (κ2) is 4.24. The van der Waals surface area contributed by atoms with E-state index in [0.717, 1.165) is 12.8 Å². The number of nitrogens with two attached hydrogens (primary N) is 1. The molecular formula is C13H14N2O2S. The Morgan fingerprint density at radius 1 is 1.33 bits per heavy atom. The number of nitrogens with one attached hydrogen (secondary N) is 1. The van der Waals surface area contributed by atoms with Crippen LogP contribution in [0.1, 0.15) is 23.2 Å². The van der Waals surface area contributed by atoms with Crippen molar-refractivity contribution in [3.8, 4) is 0 Å². The first kappa shape index (κ1) is 11.5. The van der Waals surface area contributed by atoms with E-state index in [4.69, 9.17) is 5.73 Å². The van der Waals surface area contributed by atoms with Crippen LogP contribution < -0.4 is 11.1 Å². The summed E-state index contributed by atoms with van der Waals surface area (Å²) in [4.78, 5) is 23.4. The molecule has 18 heavy (non-hydrogen) atoms. The van der Waals surface area contributed by atoms with Crippen LogP contribution in [0.5, 0.6) is 0 Å². The Kier molecular flexibility index (Phi) is 2.70. The maximum Gasteiger partial charge on any atom is 0.251 e. The molecule has 3 atom stereocenters. The zero-order chi connectivity index (χ0) is 12.7. The molecule has 0 aliphatic heterocycles. The van der Waals surface area contributed by atoms with Gasteiger partial charge in [-0.25, -0.2) is 0 Å². The predicted molar refractivity (Wildman–Crippen MR) is 70.3 cm³/mol.